The molecule has 0 saturated carbocycles. The van der Waals surface area contributed by atoms with Crippen molar-refractivity contribution in [3.8, 4) is 0 Å². The molecule has 0 aromatic carbocycles. The van der Waals surface area contributed by atoms with Gasteiger partial charge in [-0.2, -0.15) is 0 Å². The predicted molar refractivity (Wildman–Crippen MR) is 60.2 cm³/mol. The van der Waals surface area contributed by atoms with E-state index >= 15 is 0 Å². The molecule has 0 saturated heterocycles. The van der Waals surface area contributed by atoms with Gasteiger partial charge in [0.2, 0.25) is 0 Å². The maximum atomic E-state index is 5.49. The standard InChI is InChI=1S/3C3H7O.Al.Na/c3*1-2-3-4;;/h3*2-3H2,1H3;;/q3*-1;+3;. The second-order valence-corrected chi connectivity index (χ2v) is 4.48. The molecular formula is C9H21AlNaO3. The Bertz CT molecular complexity index is 87.0. The van der Waals surface area contributed by atoms with Gasteiger partial charge in [0.15, 0.2) is 0 Å². The quantitative estimate of drug-likeness (QED) is 0.563. The van der Waals surface area contributed by atoms with Gasteiger partial charge in [-0.3, -0.25) is 0 Å². The monoisotopic (exact) mass is 227 g/mol. The summed E-state index contributed by atoms with van der Waals surface area (Å²) in [6.07, 6.45) is 3.07. The average Bonchev–Trinajstić information content (AvgIpc) is 2.17. The molecule has 79 valence electrons. The summed E-state index contributed by atoms with van der Waals surface area (Å²) in [4.78, 5) is 0. The Hall–Kier alpha value is 1.41. The SMILES string of the molecule is CCC[O][Al]([O]CCC)[O]CCC.[Na]. The van der Waals surface area contributed by atoms with Crippen LogP contribution in [0.15, 0.2) is 0 Å². The fourth-order valence-electron chi connectivity index (χ4n) is 0.787. The van der Waals surface area contributed by atoms with Crippen LogP contribution in [-0.4, -0.2) is 64.5 Å². The first-order chi connectivity index (χ1) is 6.35. The van der Waals surface area contributed by atoms with Crippen molar-refractivity contribution in [1.29, 1.82) is 0 Å². The van der Waals surface area contributed by atoms with E-state index in [0.717, 1.165) is 39.1 Å². The summed E-state index contributed by atoms with van der Waals surface area (Å²) in [6.45, 7) is 8.53. The number of rotatable bonds is 9. The minimum absolute atomic E-state index is 0. The zero-order valence-corrected chi connectivity index (χ0v) is 13.2. The van der Waals surface area contributed by atoms with Gasteiger partial charge in [0, 0.05) is 49.4 Å². The largest absolute Gasteiger partial charge is 0.905 e. The zero-order chi connectivity index (χ0) is 9.94. The first kappa shape index (κ1) is 17.8. The van der Waals surface area contributed by atoms with Gasteiger partial charge >= 0.3 is 15.1 Å². The van der Waals surface area contributed by atoms with E-state index in [1.807, 2.05) is 0 Å². The van der Waals surface area contributed by atoms with Gasteiger partial charge in [-0.25, -0.2) is 0 Å². The molecule has 0 aromatic rings. The molecule has 0 aromatic heterocycles. The molecular weight excluding hydrogens is 206 g/mol. The molecule has 3 nitrogen and oxygen atoms in total. The van der Waals surface area contributed by atoms with Crippen LogP contribution in [0.25, 0.3) is 0 Å². The molecule has 0 N–H and O–H groups in total. The third kappa shape index (κ3) is 11.5. The first-order valence-corrected chi connectivity index (χ1v) is 6.61. The van der Waals surface area contributed by atoms with Crippen LogP contribution in [0, 0.1) is 0 Å². The van der Waals surface area contributed by atoms with Gasteiger partial charge in [-0.1, -0.05) is 20.8 Å². The molecule has 0 aliphatic heterocycles. The second kappa shape index (κ2) is 14.4. The average molecular weight is 227 g/mol. The van der Waals surface area contributed by atoms with Crippen LogP contribution in [0.3, 0.4) is 0 Å². The summed E-state index contributed by atoms with van der Waals surface area (Å²) in [5, 5.41) is 0. The Morgan fingerprint density at radius 1 is 0.714 bits per heavy atom. The predicted octanol–water partition coefficient (Wildman–Crippen LogP) is 1.87. The summed E-state index contributed by atoms with van der Waals surface area (Å²) in [6, 6.07) is 0. The Morgan fingerprint density at radius 3 is 1.21 bits per heavy atom. The maximum Gasteiger partial charge on any atom is 0.905 e. The number of hydrogen-bond acceptors (Lipinski definition) is 3. The molecule has 1 radical (unpaired) electrons. The molecule has 5 heteroatoms. The summed E-state index contributed by atoms with van der Waals surface area (Å²) < 4.78 is 16.5. The van der Waals surface area contributed by atoms with Gasteiger partial charge in [0.1, 0.15) is 0 Å². The molecule has 0 spiro atoms. The van der Waals surface area contributed by atoms with Crippen LogP contribution >= 0.6 is 0 Å². The van der Waals surface area contributed by atoms with Crippen LogP contribution in [0.4, 0.5) is 0 Å². The summed E-state index contributed by atoms with van der Waals surface area (Å²) in [5.41, 5.74) is 0. The Labute approximate surface area is 115 Å². The van der Waals surface area contributed by atoms with E-state index in [2.05, 4.69) is 20.8 Å². The first-order valence-electron chi connectivity index (χ1n) is 5.19. The zero-order valence-electron chi connectivity index (χ0n) is 10.0. The summed E-state index contributed by atoms with van der Waals surface area (Å²) >= 11 is -1.79. The van der Waals surface area contributed by atoms with Crippen molar-refractivity contribution in [3.63, 3.8) is 0 Å². The van der Waals surface area contributed by atoms with Crippen molar-refractivity contribution in [3.05, 3.63) is 0 Å². The minimum atomic E-state index is -1.79. The van der Waals surface area contributed by atoms with Crippen molar-refractivity contribution in [1.82, 2.24) is 0 Å². The topological polar surface area (TPSA) is 27.7 Å². The smallest absolute Gasteiger partial charge is 0.454 e. The summed E-state index contributed by atoms with van der Waals surface area (Å²) in [7, 11) is 0. The van der Waals surface area contributed by atoms with Crippen LogP contribution in [0.5, 0.6) is 0 Å². The van der Waals surface area contributed by atoms with Gasteiger partial charge in [0.05, 0.1) is 0 Å². The fourth-order valence-corrected chi connectivity index (χ4v) is 2.36. The maximum absolute atomic E-state index is 5.49. The van der Waals surface area contributed by atoms with Crippen molar-refractivity contribution in [2.45, 2.75) is 40.0 Å². The molecule has 0 rings (SSSR count). The molecule has 0 aliphatic rings. The third-order valence-corrected chi connectivity index (χ3v) is 2.90. The Kier molecular flexibility index (Phi) is 18.3. The molecule has 0 fully saturated rings. The van der Waals surface area contributed by atoms with Gasteiger partial charge in [-0.05, 0) is 19.3 Å². The van der Waals surface area contributed by atoms with Crippen LogP contribution in [-0.2, 0) is 11.4 Å². The van der Waals surface area contributed by atoms with Crippen LogP contribution < -0.4 is 0 Å². The van der Waals surface area contributed by atoms with E-state index < -0.39 is 15.1 Å². The minimum Gasteiger partial charge on any atom is -0.454 e. The molecule has 0 aliphatic carbocycles. The van der Waals surface area contributed by atoms with E-state index in [4.69, 9.17) is 11.4 Å². The molecule has 0 heterocycles. The van der Waals surface area contributed by atoms with Crippen molar-refractivity contribution < 1.29 is 11.4 Å². The summed E-state index contributed by atoms with van der Waals surface area (Å²) in [5.74, 6) is 0. The molecule has 0 atom stereocenters. The van der Waals surface area contributed by atoms with E-state index in [9.17, 15) is 0 Å². The van der Waals surface area contributed by atoms with Crippen LogP contribution in [0.1, 0.15) is 40.0 Å². The van der Waals surface area contributed by atoms with E-state index in [-0.39, 0.29) is 29.6 Å². The van der Waals surface area contributed by atoms with Crippen molar-refractivity contribution >= 4 is 44.7 Å². The second-order valence-electron chi connectivity index (χ2n) is 2.90. The van der Waals surface area contributed by atoms with Crippen LogP contribution in [0.2, 0.25) is 0 Å². The number of hydrogen-bond donors (Lipinski definition) is 0. The molecule has 14 heavy (non-hydrogen) atoms. The fraction of sp³-hybridized carbons (Fsp3) is 1.00. The van der Waals surface area contributed by atoms with E-state index in [0.29, 0.717) is 0 Å². The van der Waals surface area contributed by atoms with E-state index in [1.54, 1.807) is 0 Å². The normalized spacial score (nSPS) is 9.64. The van der Waals surface area contributed by atoms with E-state index in [1.165, 1.54) is 0 Å². The van der Waals surface area contributed by atoms with Crippen molar-refractivity contribution in [2.75, 3.05) is 19.8 Å². The molecule has 0 bridgehead atoms. The molecule has 0 amide bonds. The van der Waals surface area contributed by atoms with Crippen molar-refractivity contribution in [2.24, 2.45) is 0 Å². The Balaban J connectivity index is 0. The third-order valence-electron chi connectivity index (χ3n) is 1.37. The Morgan fingerprint density at radius 2 is 1.00 bits per heavy atom. The molecule has 0 unspecified atom stereocenters. The van der Waals surface area contributed by atoms with Gasteiger partial charge in [0.25, 0.3) is 0 Å². The van der Waals surface area contributed by atoms with Gasteiger partial charge < -0.3 is 11.4 Å². The van der Waals surface area contributed by atoms with Gasteiger partial charge in [-0.15, -0.1) is 0 Å².